The number of nitrogens with zero attached hydrogens (tertiary/aromatic N) is 1. The van der Waals surface area contributed by atoms with Gasteiger partial charge in [-0.3, -0.25) is 4.79 Å². The zero-order valence-electron chi connectivity index (χ0n) is 18.2. The van der Waals surface area contributed by atoms with E-state index in [1.165, 1.54) is 32.1 Å². The van der Waals surface area contributed by atoms with Gasteiger partial charge in [0.2, 0.25) is 0 Å². The van der Waals surface area contributed by atoms with Crippen molar-refractivity contribution in [3.63, 3.8) is 0 Å². The number of hydrogen-bond acceptors (Lipinski definition) is 6. The third-order valence-electron chi connectivity index (χ3n) is 4.62. The largest absolute Gasteiger partial charge is 0.550 e. The molecule has 0 aromatic rings. The number of unbranched alkanes of at least 4 members (excludes halogenated alkanes) is 7. The van der Waals surface area contributed by atoms with Crippen molar-refractivity contribution in [1.82, 2.24) is 0 Å². The first kappa shape index (κ1) is 26.8. The first-order valence-corrected chi connectivity index (χ1v) is 10.6. The van der Waals surface area contributed by atoms with Crippen LogP contribution in [0.3, 0.4) is 0 Å². The van der Waals surface area contributed by atoms with Crippen molar-refractivity contribution in [3.05, 3.63) is 0 Å². The molecule has 0 fully saturated rings. The van der Waals surface area contributed by atoms with E-state index in [4.69, 9.17) is 4.74 Å². The highest BCUT2D eigenvalue weighted by molar-refractivity contribution is 5.71. The number of aliphatic hydroxyl groups excluding tert-OH is 2. The highest BCUT2D eigenvalue weighted by Crippen LogP contribution is 2.14. The normalized spacial score (nSPS) is 15.1. The van der Waals surface area contributed by atoms with Gasteiger partial charge in [0, 0.05) is 12.4 Å². The Morgan fingerprint density at radius 1 is 0.893 bits per heavy atom. The Morgan fingerprint density at radius 2 is 1.43 bits per heavy atom. The maximum Gasteiger partial charge on any atom is 0.309 e. The number of hydrogen-bond donors (Lipinski definition) is 2. The van der Waals surface area contributed by atoms with Crippen molar-refractivity contribution in [2.45, 2.75) is 95.9 Å². The quantitative estimate of drug-likeness (QED) is 0.216. The van der Waals surface area contributed by atoms with E-state index in [0.717, 1.165) is 19.3 Å². The van der Waals surface area contributed by atoms with Crippen LogP contribution in [-0.2, 0) is 14.3 Å². The summed E-state index contributed by atoms with van der Waals surface area (Å²) in [5.74, 6) is -2.00. The van der Waals surface area contributed by atoms with Crippen molar-refractivity contribution >= 4 is 11.9 Å². The predicted octanol–water partition coefficient (Wildman–Crippen LogP) is 1.39. The number of aliphatic hydroxyl groups is 2. The molecule has 0 aliphatic heterocycles. The molecule has 0 aliphatic carbocycles. The van der Waals surface area contributed by atoms with Crippen LogP contribution in [0.2, 0.25) is 0 Å². The molecule has 3 atom stereocenters. The maximum atomic E-state index is 12.0. The van der Waals surface area contributed by atoms with Crippen LogP contribution < -0.4 is 5.11 Å². The topological polar surface area (TPSA) is 107 Å². The highest BCUT2D eigenvalue weighted by atomic mass is 16.5. The molecular formula is C21H41NO6. The molecule has 3 unspecified atom stereocenters. The zero-order chi connectivity index (χ0) is 21.6. The molecule has 7 nitrogen and oxygen atoms in total. The Labute approximate surface area is 170 Å². The molecule has 0 bridgehead atoms. The summed E-state index contributed by atoms with van der Waals surface area (Å²) in [5, 5.41) is 30.9. The molecule has 2 N–H and O–H groups in total. The molecule has 0 aromatic heterocycles. The lowest BCUT2D eigenvalue weighted by Crippen LogP contribution is -2.45. The smallest absolute Gasteiger partial charge is 0.309 e. The summed E-state index contributed by atoms with van der Waals surface area (Å²) in [6, 6.07) is 0. The second kappa shape index (κ2) is 14.8. The Balaban J connectivity index is 4.13. The molecule has 0 saturated carbocycles. The number of aliphatic carboxylic acids is 1. The summed E-state index contributed by atoms with van der Waals surface area (Å²) >= 11 is 0. The molecule has 0 amide bonds. The number of carbonyl (C=O) groups is 2. The summed E-state index contributed by atoms with van der Waals surface area (Å²) < 4.78 is 5.63. The number of likely N-dealkylation sites (N-methyl/N-ethyl adjacent to an activating group) is 1. The van der Waals surface area contributed by atoms with Crippen molar-refractivity contribution in [3.8, 4) is 0 Å². The van der Waals surface area contributed by atoms with Gasteiger partial charge in [0.05, 0.1) is 39.8 Å². The average Bonchev–Trinajstić information content (AvgIpc) is 2.54. The van der Waals surface area contributed by atoms with E-state index in [2.05, 4.69) is 6.92 Å². The summed E-state index contributed by atoms with van der Waals surface area (Å²) in [7, 11) is 5.58. The number of esters is 1. The van der Waals surface area contributed by atoms with Gasteiger partial charge >= 0.3 is 5.97 Å². The number of rotatable bonds is 17. The number of carbonyl (C=O) groups excluding carboxylic acids is 2. The molecule has 0 radical (unpaired) electrons. The summed E-state index contributed by atoms with van der Waals surface area (Å²) in [6.45, 7) is 2.51. The predicted molar refractivity (Wildman–Crippen MR) is 106 cm³/mol. The molecule has 0 aromatic carbocycles. The van der Waals surface area contributed by atoms with E-state index >= 15 is 0 Å². The van der Waals surface area contributed by atoms with Crippen molar-refractivity contribution in [1.29, 1.82) is 0 Å². The number of quaternary nitrogens is 1. The van der Waals surface area contributed by atoms with Gasteiger partial charge in [-0.1, -0.05) is 58.3 Å². The van der Waals surface area contributed by atoms with Crippen molar-refractivity contribution < 1.29 is 34.1 Å². The third kappa shape index (κ3) is 15.8. The van der Waals surface area contributed by atoms with Gasteiger partial charge in [0.15, 0.2) is 6.10 Å². The van der Waals surface area contributed by atoms with E-state index in [9.17, 15) is 24.9 Å². The van der Waals surface area contributed by atoms with Crippen LogP contribution in [0.1, 0.15) is 77.6 Å². The fourth-order valence-corrected chi connectivity index (χ4v) is 3.16. The Bertz CT molecular complexity index is 435. The molecule has 0 heterocycles. The molecular weight excluding hydrogens is 362 g/mol. The molecule has 28 heavy (non-hydrogen) atoms. The van der Waals surface area contributed by atoms with Crippen molar-refractivity contribution in [2.75, 3.05) is 27.7 Å². The zero-order valence-corrected chi connectivity index (χ0v) is 18.2. The minimum atomic E-state index is -1.29. The summed E-state index contributed by atoms with van der Waals surface area (Å²) in [5.41, 5.74) is 0. The van der Waals surface area contributed by atoms with Gasteiger partial charge < -0.3 is 29.3 Å². The molecule has 7 heteroatoms. The summed E-state index contributed by atoms with van der Waals surface area (Å²) in [4.78, 5) is 22.9. The lowest BCUT2D eigenvalue weighted by atomic mass is 10.0. The van der Waals surface area contributed by atoms with Gasteiger partial charge in [-0.25, -0.2) is 0 Å². The van der Waals surface area contributed by atoms with Crippen LogP contribution in [0.5, 0.6) is 0 Å². The van der Waals surface area contributed by atoms with E-state index in [-0.39, 0.29) is 6.42 Å². The second-order valence-electron chi connectivity index (χ2n) is 8.76. The van der Waals surface area contributed by atoms with Gasteiger partial charge in [-0.15, -0.1) is 0 Å². The Morgan fingerprint density at radius 3 is 1.93 bits per heavy atom. The minimum Gasteiger partial charge on any atom is -0.550 e. The van der Waals surface area contributed by atoms with E-state index in [1.54, 1.807) is 0 Å². The van der Waals surface area contributed by atoms with Gasteiger partial charge in [0.1, 0.15) is 6.54 Å². The average molecular weight is 404 g/mol. The lowest BCUT2D eigenvalue weighted by molar-refractivity contribution is -0.873. The lowest BCUT2D eigenvalue weighted by Gasteiger charge is -2.29. The Hall–Kier alpha value is -1.18. The monoisotopic (exact) mass is 403 g/mol. The van der Waals surface area contributed by atoms with Crippen LogP contribution in [-0.4, -0.2) is 72.6 Å². The molecule has 0 spiro atoms. The van der Waals surface area contributed by atoms with Gasteiger partial charge in [-0.05, 0) is 6.42 Å². The second-order valence-corrected chi connectivity index (χ2v) is 8.76. The van der Waals surface area contributed by atoms with E-state index < -0.39 is 36.7 Å². The van der Waals surface area contributed by atoms with Crippen LogP contribution in [0, 0.1) is 0 Å². The number of carboxylic acids is 1. The standard InChI is InChI=1S/C21H41NO6/c1-5-6-7-8-9-10-11-12-13-18(23)19(24)15-21(27)28-17(14-20(25)26)16-22(2,3)4/h17-19,23-24H,5-16H2,1-4H3. The first-order chi connectivity index (χ1) is 13.0. The minimum absolute atomic E-state index is 0.316. The molecule has 166 valence electrons. The molecule has 0 saturated heterocycles. The van der Waals surface area contributed by atoms with Crippen LogP contribution in [0.15, 0.2) is 0 Å². The first-order valence-electron chi connectivity index (χ1n) is 10.6. The number of ether oxygens (including phenoxy) is 1. The summed E-state index contributed by atoms with van der Waals surface area (Å²) in [6.07, 6.45) is 5.81. The highest BCUT2D eigenvalue weighted by Gasteiger charge is 2.25. The van der Waals surface area contributed by atoms with Crippen LogP contribution in [0.4, 0.5) is 0 Å². The van der Waals surface area contributed by atoms with Gasteiger partial charge in [0.25, 0.3) is 0 Å². The third-order valence-corrected chi connectivity index (χ3v) is 4.62. The van der Waals surface area contributed by atoms with Crippen LogP contribution >= 0.6 is 0 Å². The fourth-order valence-electron chi connectivity index (χ4n) is 3.16. The Kier molecular flexibility index (Phi) is 14.1. The maximum absolute atomic E-state index is 12.0. The van der Waals surface area contributed by atoms with Crippen LogP contribution in [0.25, 0.3) is 0 Å². The molecule has 0 rings (SSSR count). The van der Waals surface area contributed by atoms with E-state index in [0.29, 0.717) is 17.4 Å². The van der Waals surface area contributed by atoms with E-state index in [1.807, 2.05) is 21.1 Å². The molecule has 0 aliphatic rings. The van der Waals surface area contributed by atoms with Gasteiger partial charge in [-0.2, -0.15) is 0 Å². The fraction of sp³-hybridized carbons (Fsp3) is 0.905. The van der Waals surface area contributed by atoms with Crippen molar-refractivity contribution in [2.24, 2.45) is 0 Å². The SMILES string of the molecule is CCCCCCCCCCC(O)C(O)CC(=O)OC(CC(=O)[O-])C[N+](C)(C)C. The number of carboxylic acid groups (broad SMARTS) is 1.